The first-order valence-corrected chi connectivity index (χ1v) is 8.16. The number of anilines is 1. The van der Waals surface area contributed by atoms with Crippen LogP contribution in [0.4, 0.5) is 5.69 Å². The van der Waals surface area contributed by atoms with Gasteiger partial charge in [0.2, 0.25) is 0 Å². The van der Waals surface area contributed by atoms with Gasteiger partial charge in [0.05, 0.1) is 21.6 Å². The average molecular weight is 327 g/mol. The predicted molar refractivity (Wildman–Crippen MR) is 86.8 cm³/mol. The summed E-state index contributed by atoms with van der Waals surface area (Å²) >= 11 is 0. The van der Waals surface area contributed by atoms with Crippen molar-refractivity contribution in [3.05, 3.63) is 48.3 Å². The highest BCUT2D eigenvalue weighted by molar-refractivity contribution is 7.83. The van der Waals surface area contributed by atoms with Gasteiger partial charge < -0.3 is 10.1 Å². The van der Waals surface area contributed by atoms with Crippen molar-refractivity contribution in [2.24, 2.45) is 0 Å². The summed E-state index contributed by atoms with van der Waals surface area (Å²) in [5, 5.41) is 2.73. The number of fused-ring (bicyclic) bond motifs is 2. The second-order valence-corrected chi connectivity index (χ2v) is 6.62. The third-order valence-electron chi connectivity index (χ3n) is 3.67. The molecule has 1 aromatic carbocycles. The molecule has 0 radical (unpaired) electrons. The Morgan fingerprint density at radius 2 is 2.22 bits per heavy atom. The Morgan fingerprint density at radius 1 is 1.35 bits per heavy atom. The van der Waals surface area contributed by atoms with E-state index in [0.717, 1.165) is 16.6 Å². The van der Waals surface area contributed by atoms with Crippen molar-refractivity contribution in [2.75, 3.05) is 11.9 Å². The number of hydrogen-bond acceptors (Lipinski definition) is 4. The van der Waals surface area contributed by atoms with E-state index in [9.17, 15) is 9.00 Å². The summed E-state index contributed by atoms with van der Waals surface area (Å²) in [6, 6.07) is 8.84. The van der Waals surface area contributed by atoms with Gasteiger partial charge in [-0.1, -0.05) is 0 Å². The number of carbonyl (C=O) groups is 1. The van der Waals surface area contributed by atoms with Crippen LogP contribution in [0.15, 0.2) is 47.6 Å². The molecular weight excluding hydrogens is 314 g/mol. The fourth-order valence-corrected chi connectivity index (χ4v) is 3.82. The molecule has 7 heteroatoms. The van der Waals surface area contributed by atoms with Crippen LogP contribution in [-0.4, -0.2) is 25.7 Å². The number of aromatic nitrogens is 2. The van der Waals surface area contributed by atoms with Crippen LogP contribution in [0.2, 0.25) is 0 Å². The number of amides is 1. The zero-order chi connectivity index (χ0) is 16.0. The Balaban J connectivity index is 1.80. The van der Waals surface area contributed by atoms with E-state index in [2.05, 4.69) is 10.3 Å². The number of hydrogen-bond donors (Lipinski definition) is 1. The summed E-state index contributed by atoms with van der Waals surface area (Å²) in [7, 11) is -1.44. The number of pyridine rings is 1. The monoisotopic (exact) mass is 327 g/mol. The van der Waals surface area contributed by atoms with Crippen LogP contribution in [-0.2, 0) is 15.8 Å². The first-order valence-electron chi connectivity index (χ1n) is 7.05. The fraction of sp³-hybridized carbons (Fsp3) is 0.125. The summed E-state index contributed by atoms with van der Waals surface area (Å²) in [6.07, 6.45) is 3.54. The van der Waals surface area contributed by atoms with Gasteiger partial charge in [0, 0.05) is 12.4 Å². The highest BCUT2D eigenvalue weighted by atomic mass is 32.2. The number of nitrogens with zero attached hydrogens (tertiary/aromatic N) is 2. The minimum Gasteiger partial charge on any atom is -0.482 e. The Hall–Kier alpha value is -2.67. The van der Waals surface area contributed by atoms with Crippen molar-refractivity contribution in [1.82, 2.24) is 8.96 Å². The third-order valence-corrected chi connectivity index (χ3v) is 4.99. The molecule has 1 amide bonds. The quantitative estimate of drug-likeness (QED) is 0.783. The molecule has 1 aliphatic heterocycles. The lowest BCUT2D eigenvalue weighted by atomic mass is 10.2. The van der Waals surface area contributed by atoms with E-state index in [1.165, 1.54) is 0 Å². The highest BCUT2D eigenvalue weighted by Gasteiger charge is 2.19. The maximum Gasteiger partial charge on any atom is 0.262 e. The molecule has 6 nitrogen and oxygen atoms in total. The van der Waals surface area contributed by atoms with Crippen LogP contribution in [0.3, 0.4) is 0 Å². The maximum atomic E-state index is 12.9. The molecule has 3 aromatic rings. The van der Waals surface area contributed by atoms with Crippen molar-refractivity contribution in [3.8, 4) is 5.75 Å². The van der Waals surface area contributed by atoms with E-state index in [1.54, 1.807) is 28.4 Å². The molecule has 0 fully saturated rings. The minimum atomic E-state index is -1.44. The second kappa shape index (κ2) is 5.20. The van der Waals surface area contributed by atoms with Gasteiger partial charge in [-0.2, -0.15) is 0 Å². The lowest BCUT2D eigenvalue weighted by Crippen LogP contribution is -2.25. The summed E-state index contributed by atoms with van der Waals surface area (Å²) in [4.78, 5) is 16.3. The molecule has 0 saturated carbocycles. The van der Waals surface area contributed by atoms with Gasteiger partial charge in [-0.25, -0.2) is 4.21 Å². The van der Waals surface area contributed by atoms with E-state index >= 15 is 0 Å². The van der Waals surface area contributed by atoms with Gasteiger partial charge in [0.25, 0.3) is 5.91 Å². The maximum absolute atomic E-state index is 12.9. The standard InChI is InChI=1S/C16H13N3O3S/c1-10-8-19(13-3-2-6-17-16(10)13)23(21)11-4-5-14-12(7-11)18-15(20)9-22-14/h2-8H,9H2,1H3,(H,18,20). The van der Waals surface area contributed by atoms with Crippen LogP contribution < -0.4 is 10.1 Å². The first-order chi connectivity index (χ1) is 11.1. The molecule has 0 bridgehead atoms. The van der Waals surface area contributed by atoms with E-state index < -0.39 is 11.0 Å². The molecule has 3 heterocycles. The van der Waals surface area contributed by atoms with Crippen LogP contribution in [0, 0.1) is 6.92 Å². The van der Waals surface area contributed by atoms with Gasteiger partial charge in [-0.05, 0) is 42.8 Å². The van der Waals surface area contributed by atoms with Crippen molar-refractivity contribution in [3.63, 3.8) is 0 Å². The Bertz CT molecular complexity index is 964. The number of aryl methyl sites for hydroxylation is 1. The molecule has 1 atom stereocenters. The van der Waals surface area contributed by atoms with Crippen LogP contribution >= 0.6 is 0 Å². The minimum absolute atomic E-state index is 0.00252. The molecule has 0 saturated heterocycles. The van der Waals surface area contributed by atoms with Gasteiger partial charge in [0.1, 0.15) is 5.75 Å². The van der Waals surface area contributed by atoms with E-state index in [1.807, 2.05) is 25.3 Å². The van der Waals surface area contributed by atoms with Crippen molar-refractivity contribution < 1.29 is 13.7 Å². The number of carbonyl (C=O) groups excluding carboxylic acids is 1. The Labute approximate surface area is 134 Å². The normalized spacial score (nSPS) is 14.9. The van der Waals surface area contributed by atoms with Crippen LogP contribution in [0.1, 0.15) is 5.56 Å². The summed E-state index contributed by atoms with van der Waals surface area (Å²) in [5.74, 6) is 0.368. The zero-order valence-electron chi connectivity index (χ0n) is 12.3. The molecule has 2 aromatic heterocycles. The lowest BCUT2D eigenvalue weighted by molar-refractivity contribution is -0.118. The predicted octanol–water partition coefficient (Wildman–Crippen LogP) is 2.25. The molecular formula is C16H13N3O3S. The molecule has 0 aliphatic carbocycles. The zero-order valence-corrected chi connectivity index (χ0v) is 13.1. The Kier molecular flexibility index (Phi) is 3.16. The molecule has 1 N–H and O–H groups in total. The average Bonchev–Trinajstić information content (AvgIpc) is 2.91. The molecule has 1 unspecified atom stereocenters. The first kappa shape index (κ1) is 14.0. The van der Waals surface area contributed by atoms with E-state index in [-0.39, 0.29) is 12.5 Å². The van der Waals surface area contributed by atoms with Crippen molar-refractivity contribution in [1.29, 1.82) is 0 Å². The largest absolute Gasteiger partial charge is 0.482 e. The van der Waals surface area contributed by atoms with Gasteiger partial charge >= 0.3 is 0 Å². The number of benzene rings is 1. The summed E-state index contributed by atoms with van der Waals surface area (Å²) < 4.78 is 19.9. The van der Waals surface area contributed by atoms with Crippen LogP contribution in [0.25, 0.3) is 11.0 Å². The summed E-state index contributed by atoms with van der Waals surface area (Å²) in [6.45, 7) is 1.94. The smallest absolute Gasteiger partial charge is 0.262 e. The SMILES string of the molecule is Cc1cn(S(=O)c2ccc3c(c2)NC(=O)CO3)c2cccnc12. The van der Waals surface area contributed by atoms with Crippen LogP contribution in [0.5, 0.6) is 5.75 Å². The van der Waals surface area contributed by atoms with Crippen molar-refractivity contribution in [2.45, 2.75) is 11.8 Å². The van der Waals surface area contributed by atoms with E-state index in [0.29, 0.717) is 16.3 Å². The topological polar surface area (TPSA) is 73.2 Å². The van der Waals surface area contributed by atoms with Gasteiger partial charge in [0.15, 0.2) is 17.6 Å². The molecule has 116 valence electrons. The summed E-state index contributed by atoms with van der Waals surface area (Å²) in [5.41, 5.74) is 3.14. The molecule has 1 aliphatic rings. The van der Waals surface area contributed by atoms with Gasteiger partial charge in [-0.15, -0.1) is 0 Å². The Morgan fingerprint density at radius 3 is 3.09 bits per heavy atom. The third kappa shape index (κ3) is 2.29. The molecule has 23 heavy (non-hydrogen) atoms. The molecule has 4 rings (SSSR count). The van der Waals surface area contributed by atoms with E-state index in [4.69, 9.17) is 4.74 Å². The van der Waals surface area contributed by atoms with Crippen molar-refractivity contribution >= 4 is 33.6 Å². The number of rotatable bonds is 2. The second-order valence-electron chi connectivity index (χ2n) is 5.25. The lowest BCUT2D eigenvalue weighted by Gasteiger charge is -2.18. The highest BCUT2D eigenvalue weighted by Crippen LogP contribution is 2.30. The fourth-order valence-electron chi connectivity index (χ4n) is 2.61. The molecule has 0 spiro atoms. The number of nitrogens with one attached hydrogen (secondary N) is 1. The van der Waals surface area contributed by atoms with Gasteiger partial charge in [-0.3, -0.25) is 13.8 Å². The number of ether oxygens (including phenoxy) is 1.